The fourth-order valence-electron chi connectivity index (χ4n) is 2.95. The molecule has 1 saturated carbocycles. The number of rotatable bonds is 6. The van der Waals surface area contributed by atoms with Crippen LogP contribution >= 0.6 is 0 Å². The lowest BCUT2D eigenvalue weighted by atomic mass is 9.89. The summed E-state index contributed by atoms with van der Waals surface area (Å²) in [5.74, 6) is -0.842. The first-order valence-corrected chi connectivity index (χ1v) is 8.74. The second kappa shape index (κ2) is 8.27. The number of hydrogen-bond acceptors (Lipinski definition) is 2. The Labute approximate surface area is 143 Å². The highest BCUT2D eigenvalue weighted by molar-refractivity contribution is 6.04. The van der Waals surface area contributed by atoms with Crippen molar-refractivity contribution >= 4 is 11.8 Å². The lowest BCUT2D eigenvalue weighted by Gasteiger charge is -2.28. The number of hydrogen-bond donors (Lipinski definition) is 2. The molecular formula is C19H27FN2O2. The van der Waals surface area contributed by atoms with Gasteiger partial charge in [0.05, 0.1) is 0 Å². The van der Waals surface area contributed by atoms with Crippen molar-refractivity contribution in [2.24, 2.45) is 5.41 Å². The van der Waals surface area contributed by atoms with E-state index in [0.717, 1.165) is 25.7 Å². The number of carbonyl (C=O) groups excluding carboxylic acids is 2. The second-order valence-electron chi connectivity index (χ2n) is 7.03. The third-order valence-electron chi connectivity index (χ3n) is 4.71. The van der Waals surface area contributed by atoms with Gasteiger partial charge in [-0.15, -0.1) is 0 Å². The van der Waals surface area contributed by atoms with Gasteiger partial charge in [0.2, 0.25) is 11.8 Å². The predicted molar refractivity (Wildman–Crippen MR) is 91.9 cm³/mol. The highest BCUT2D eigenvalue weighted by Crippen LogP contribution is 2.21. The number of amides is 2. The van der Waals surface area contributed by atoms with E-state index in [9.17, 15) is 14.0 Å². The van der Waals surface area contributed by atoms with E-state index in [2.05, 4.69) is 10.6 Å². The van der Waals surface area contributed by atoms with Gasteiger partial charge < -0.3 is 10.6 Å². The van der Waals surface area contributed by atoms with Crippen LogP contribution in [-0.4, -0.2) is 24.4 Å². The molecule has 0 heterocycles. The minimum atomic E-state index is -1.13. The van der Waals surface area contributed by atoms with E-state index in [4.69, 9.17) is 0 Å². The predicted octanol–water partition coefficient (Wildman–Crippen LogP) is 2.96. The van der Waals surface area contributed by atoms with E-state index in [1.807, 2.05) is 0 Å². The van der Waals surface area contributed by atoms with E-state index in [1.54, 1.807) is 32.0 Å². The van der Waals surface area contributed by atoms with Crippen LogP contribution in [0.5, 0.6) is 0 Å². The second-order valence-corrected chi connectivity index (χ2v) is 7.03. The van der Waals surface area contributed by atoms with Gasteiger partial charge in [-0.1, -0.05) is 37.5 Å². The molecule has 24 heavy (non-hydrogen) atoms. The molecule has 1 aromatic rings. The van der Waals surface area contributed by atoms with Crippen molar-refractivity contribution in [2.75, 3.05) is 6.54 Å². The van der Waals surface area contributed by atoms with Gasteiger partial charge in [-0.3, -0.25) is 9.59 Å². The van der Waals surface area contributed by atoms with E-state index in [0.29, 0.717) is 18.5 Å². The lowest BCUT2D eigenvalue weighted by Crippen LogP contribution is -2.51. The van der Waals surface area contributed by atoms with Crippen molar-refractivity contribution in [3.05, 3.63) is 35.6 Å². The minimum Gasteiger partial charge on any atom is -0.355 e. The Morgan fingerprint density at radius 3 is 2.46 bits per heavy atom. The molecule has 0 saturated heterocycles. The van der Waals surface area contributed by atoms with Crippen LogP contribution < -0.4 is 10.6 Å². The summed E-state index contributed by atoms with van der Waals surface area (Å²) in [5, 5.41) is 5.75. The molecule has 2 amide bonds. The Balaban J connectivity index is 1.82. The Morgan fingerprint density at radius 1 is 1.12 bits per heavy atom. The molecule has 0 aromatic heterocycles. The number of nitrogens with one attached hydrogen (secondary N) is 2. The molecule has 0 atom stereocenters. The monoisotopic (exact) mass is 334 g/mol. The van der Waals surface area contributed by atoms with E-state index in [-0.39, 0.29) is 23.7 Å². The first-order valence-electron chi connectivity index (χ1n) is 8.74. The fourth-order valence-corrected chi connectivity index (χ4v) is 2.95. The summed E-state index contributed by atoms with van der Waals surface area (Å²) in [7, 11) is 0. The molecule has 132 valence electrons. The zero-order valence-corrected chi connectivity index (χ0v) is 14.5. The number of benzene rings is 1. The van der Waals surface area contributed by atoms with Crippen LogP contribution in [0.4, 0.5) is 4.39 Å². The Hall–Kier alpha value is -1.91. The molecule has 0 aliphatic heterocycles. The molecule has 0 unspecified atom stereocenters. The fraction of sp³-hybridized carbons (Fsp3) is 0.579. The van der Waals surface area contributed by atoms with Gasteiger partial charge in [0, 0.05) is 12.6 Å². The van der Waals surface area contributed by atoms with Crippen LogP contribution in [0.1, 0.15) is 51.5 Å². The van der Waals surface area contributed by atoms with Crippen molar-refractivity contribution in [2.45, 2.75) is 58.4 Å². The molecule has 0 radical (unpaired) electrons. The van der Waals surface area contributed by atoms with Crippen LogP contribution in [0.25, 0.3) is 0 Å². The van der Waals surface area contributed by atoms with Gasteiger partial charge in [0.25, 0.3) is 0 Å². The van der Waals surface area contributed by atoms with Crippen molar-refractivity contribution in [1.82, 2.24) is 10.6 Å². The maximum atomic E-state index is 13.6. The highest BCUT2D eigenvalue weighted by Gasteiger charge is 2.36. The molecule has 5 heteroatoms. The summed E-state index contributed by atoms with van der Waals surface area (Å²) in [6.45, 7) is 3.56. The zero-order chi connectivity index (χ0) is 17.6. The molecule has 0 spiro atoms. The molecule has 0 bridgehead atoms. The summed E-state index contributed by atoms with van der Waals surface area (Å²) < 4.78 is 13.6. The Bertz CT molecular complexity index is 580. The average molecular weight is 334 g/mol. The van der Waals surface area contributed by atoms with Crippen LogP contribution in [0.15, 0.2) is 24.3 Å². The van der Waals surface area contributed by atoms with E-state index in [1.165, 1.54) is 12.5 Å². The Morgan fingerprint density at radius 2 is 1.79 bits per heavy atom. The van der Waals surface area contributed by atoms with Gasteiger partial charge >= 0.3 is 0 Å². The minimum absolute atomic E-state index is 0.178. The summed E-state index contributed by atoms with van der Waals surface area (Å²) in [4.78, 5) is 24.8. The maximum Gasteiger partial charge on any atom is 0.235 e. The van der Waals surface area contributed by atoms with Gasteiger partial charge in [0.1, 0.15) is 11.2 Å². The van der Waals surface area contributed by atoms with Gasteiger partial charge in [0.15, 0.2) is 0 Å². The summed E-state index contributed by atoms with van der Waals surface area (Å²) in [6.07, 6.45) is 5.83. The van der Waals surface area contributed by atoms with Crippen molar-refractivity contribution < 1.29 is 14.0 Å². The van der Waals surface area contributed by atoms with Gasteiger partial charge in [-0.25, -0.2) is 4.39 Å². The lowest BCUT2D eigenvalue weighted by molar-refractivity contribution is -0.141. The molecule has 2 rings (SSSR count). The van der Waals surface area contributed by atoms with E-state index >= 15 is 0 Å². The Kier molecular flexibility index (Phi) is 6.35. The molecule has 2 N–H and O–H groups in total. The molecular weight excluding hydrogens is 307 g/mol. The van der Waals surface area contributed by atoms with Crippen LogP contribution in [0.3, 0.4) is 0 Å². The normalized spacial score (nSPS) is 15.8. The largest absolute Gasteiger partial charge is 0.355 e. The van der Waals surface area contributed by atoms with Crippen molar-refractivity contribution in [1.29, 1.82) is 0 Å². The summed E-state index contributed by atoms with van der Waals surface area (Å²) in [6, 6.07) is 6.68. The van der Waals surface area contributed by atoms with Crippen LogP contribution in [0.2, 0.25) is 0 Å². The van der Waals surface area contributed by atoms with E-state index < -0.39 is 5.41 Å². The third-order valence-corrected chi connectivity index (χ3v) is 4.71. The third kappa shape index (κ3) is 4.79. The highest BCUT2D eigenvalue weighted by atomic mass is 19.1. The summed E-state index contributed by atoms with van der Waals surface area (Å²) >= 11 is 0. The number of carbonyl (C=O) groups is 2. The molecule has 4 nitrogen and oxygen atoms in total. The molecule has 1 aliphatic rings. The molecule has 1 aliphatic carbocycles. The van der Waals surface area contributed by atoms with Crippen LogP contribution in [-0.2, 0) is 16.0 Å². The standard InChI is InChI=1S/C19H27FN2O2/c1-19(2,18(24)22-15-9-4-3-5-10-15)17(23)21-13-12-14-8-6-7-11-16(14)20/h6-8,11,15H,3-5,9-10,12-13H2,1-2H3,(H,21,23)(H,22,24). The average Bonchev–Trinajstić information content (AvgIpc) is 2.57. The van der Waals surface area contributed by atoms with Crippen LogP contribution in [0, 0.1) is 11.2 Å². The quantitative estimate of drug-likeness (QED) is 0.786. The first-order chi connectivity index (χ1) is 11.4. The smallest absolute Gasteiger partial charge is 0.235 e. The molecule has 1 fully saturated rings. The topological polar surface area (TPSA) is 58.2 Å². The SMILES string of the molecule is CC(C)(C(=O)NCCc1ccccc1F)C(=O)NC1CCCCC1. The van der Waals surface area contributed by atoms with Crippen molar-refractivity contribution in [3.8, 4) is 0 Å². The molecule has 1 aromatic carbocycles. The number of halogens is 1. The maximum absolute atomic E-state index is 13.6. The van der Waals surface area contributed by atoms with Gasteiger partial charge in [-0.2, -0.15) is 0 Å². The van der Waals surface area contributed by atoms with Gasteiger partial charge in [-0.05, 0) is 44.7 Å². The summed E-state index contributed by atoms with van der Waals surface area (Å²) in [5.41, 5.74) is -0.575. The van der Waals surface area contributed by atoms with Crippen molar-refractivity contribution in [3.63, 3.8) is 0 Å². The first kappa shape index (κ1) is 18.4. The zero-order valence-electron chi connectivity index (χ0n) is 14.5.